The van der Waals surface area contributed by atoms with E-state index >= 15 is 0 Å². The Bertz CT molecular complexity index is 247. The SMILES string of the molecule is CNCCCCCCc1ccc(Cl)s1. The topological polar surface area (TPSA) is 12.0 Å². The van der Waals surface area contributed by atoms with Gasteiger partial charge in [-0.3, -0.25) is 0 Å². The third-order valence-electron chi connectivity index (χ3n) is 2.23. The number of nitrogens with one attached hydrogen (secondary N) is 1. The zero-order valence-electron chi connectivity index (χ0n) is 8.68. The lowest BCUT2D eigenvalue weighted by Crippen LogP contribution is -2.06. The zero-order valence-corrected chi connectivity index (χ0v) is 10.3. The van der Waals surface area contributed by atoms with Gasteiger partial charge in [-0.2, -0.15) is 0 Å². The lowest BCUT2D eigenvalue weighted by molar-refractivity contribution is 0.618. The van der Waals surface area contributed by atoms with Crippen LogP contribution in [0.2, 0.25) is 4.34 Å². The van der Waals surface area contributed by atoms with Crippen molar-refractivity contribution in [1.82, 2.24) is 5.32 Å². The van der Waals surface area contributed by atoms with Crippen molar-refractivity contribution in [2.75, 3.05) is 13.6 Å². The summed E-state index contributed by atoms with van der Waals surface area (Å²) in [4.78, 5) is 1.42. The first kappa shape index (κ1) is 12.0. The second-order valence-corrected chi connectivity index (χ2v) is 5.27. The third-order valence-corrected chi connectivity index (χ3v) is 3.52. The molecule has 0 saturated carbocycles. The maximum atomic E-state index is 5.85. The Balaban J connectivity index is 1.99. The van der Waals surface area contributed by atoms with Gasteiger partial charge in [0.05, 0.1) is 4.34 Å². The Kier molecular flexibility index (Phi) is 6.24. The first-order valence-electron chi connectivity index (χ1n) is 5.22. The minimum atomic E-state index is 0.912. The molecule has 0 aliphatic rings. The molecule has 14 heavy (non-hydrogen) atoms. The van der Waals surface area contributed by atoms with Crippen LogP contribution >= 0.6 is 22.9 Å². The zero-order chi connectivity index (χ0) is 10.2. The number of thiophene rings is 1. The maximum Gasteiger partial charge on any atom is 0.0931 e. The van der Waals surface area contributed by atoms with Crippen LogP contribution in [-0.4, -0.2) is 13.6 Å². The van der Waals surface area contributed by atoms with E-state index in [0.717, 1.165) is 10.9 Å². The minimum Gasteiger partial charge on any atom is -0.320 e. The molecule has 0 spiro atoms. The van der Waals surface area contributed by atoms with Gasteiger partial charge in [-0.15, -0.1) is 11.3 Å². The molecule has 1 N–H and O–H groups in total. The average Bonchev–Trinajstić information content (AvgIpc) is 2.58. The summed E-state index contributed by atoms with van der Waals surface area (Å²) in [6, 6.07) is 4.13. The number of hydrogen-bond acceptors (Lipinski definition) is 2. The van der Waals surface area contributed by atoms with Crippen LogP contribution < -0.4 is 5.32 Å². The van der Waals surface area contributed by atoms with Crippen LogP contribution in [0.25, 0.3) is 0 Å². The predicted molar refractivity (Wildman–Crippen MR) is 65.4 cm³/mol. The Hall–Kier alpha value is -0.0500. The van der Waals surface area contributed by atoms with Crippen molar-refractivity contribution in [3.05, 3.63) is 21.3 Å². The van der Waals surface area contributed by atoms with Crippen molar-refractivity contribution >= 4 is 22.9 Å². The average molecular weight is 232 g/mol. The molecule has 0 radical (unpaired) electrons. The van der Waals surface area contributed by atoms with Crippen LogP contribution in [-0.2, 0) is 6.42 Å². The third kappa shape index (κ3) is 4.99. The van der Waals surface area contributed by atoms with Crippen LogP contribution in [0.4, 0.5) is 0 Å². The number of aryl methyl sites for hydroxylation is 1. The Labute approximate surface area is 95.5 Å². The van der Waals surface area contributed by atoms with Gasteiger partial charge >= 0.3 is 0 Å². The van der Waals surface area contributed by atoms with E-state index in [4.69, 9.17) is 11.6 Å². The molecule has 3 heteroatoms. The molecule has 0 amide bonds. The number of rotatable bonds is 7. The van der Waals surface area contributed by atoms with Gasteiger partial charge < -0.3 is 5.32 Å². The summed E-state index contributed by atoms with van der Waals surface area (Å²) in [5, 5.41) is 3.16. The lowest BCUT2D eigenvalue weighted by atomic mass is 10.1. The summed E-state index contributed by atoms with van der Waals surface area (Å²) in [7, 11) is 2.01. The summed E-state index contributed by atoms with van der Waals surface area (Å²) in [6.07, 6.45) is 6.44. The van der Waals surface area contributed by atoms with E-state index in [1.807, 2.05) is 13.1 Å². The summed E-state index contributed by atoms with van der Waals surface area (Å²) in [5.74, 6) is 0. The molecule has 0 atom stereocenters. The lowest BCUT2D eigenvalue weighted by Gasteiger charge is -1.99. The molecule has 0 unspecified atom stereocenters. The number of hydrogen-bond donors (Lipinski definition) is 1. The van der Waals surface area contributed by atoms with Crippen LogP contribution in [0.1, 0.15) is 30.6 Å². The fourth-order valence-corrected chi connectivity index (χ4v) is 2.57. The Morgan fingerprint density at radius 3 is 2.64 bits per heavy atom. The molecule has 1 aromatic heterocycles. The van der Waals surface area contributed by atoms with Crippen molar-refractivity contribution in [1.29, 1.82) is 0 Å². The van der Waals surface area contributed by atoms with Crippen molar-refractivity contribution < 1.29 is 0 Å². The van der Waals surface area contributed by atoms with E-state index in [0.29, 0.717) is 0 Å². The highest BCUT2D eigenvalue weighted by Crippen LogP contribution is 2.22. The van der Waals surface area contributed by atoms with Crippen LogP contribution in [0, 0.1) is 0 Å². The first-order chi connectivity index (χ1) is 6.83. The smallest absolute Gasteiger partial charge is 0.0931 e. The van der Waals surface area contributed by atoms with Crippen molar-refractivity contribution in [3.63, 3.8) is 0 Å². The second-order valence-electron chi connectivity index (χ2n) is 3.47. The van der Waals surface area contributed by atoms with Gasteiger partial charge in [0.1, 0.15) is 0 Å². The monoisotopic (exact) mass is 231 g/mol. The van der Waals surface area contributed by atoms with Crippen LogP contribution in [0.15, 0.2) is 12.1 Å². The normalized spacial score (nSPS) is 10.7. The van der Waals surface area contributed by atoms with Crippen molar-refractivity contribution in [3.8, 4) is 0 Å². The summed E-state index contributed by atoms with van der Waals surface area (Å²) in [6.45, 7) is 1.14. The van der Waals surface area contributed by atoms with Gasteiger partial charge in [-0.25, -0.2) is 0 Å². The standard InChI is InChI=1S/C11H18ClNS/c1-13-9-5-3-2-4-6-10-7-8-11(12)14-10/h7-8,13H,2-6,9H2,1H3. The number of unbranched alkanes of at least 4 members (excludes halogenated alkanes) is 3. The van der Waals surface area contributed by atoms with E-state index in [2.05, 4.69) is 11.4 Å². The molecule has 1 rings (SSSR count). The van der Waals surface area contributed by atoms with Crippen LogP contribution in [0.3, 0.4) is 0 Å². The van der Waals surface area contributed by atoms with Crippen LogP contribution in [0.5, 0.6) is 0 Å². The molecule has 0 aromatic carbocycles. The second kappa shape index (κ2) is 7.27. The van der Waals surface area contributed by atoms with Gasteiger partial charge in [0.2, 0.25) is 0 Å². The quantitative estimate of drug-likeness (QED) is 0.706. The molecular formula is C11H18ClNS. The molecular weight excluding hydrogens is 214 g/mol. The highest BCUT2D eigenvalue weighted by Gasteiger charge is 1.97. The molecule has 1 nitrogen and oxygen atoms in total. The highest BCUT2D eigenvalue weighted by atomic mass is 35.5. The fourth-order valence-electron chi connectivity index (χ4n) is 1.44. The molecule has 1 heterocycles. The van der Waals surface area contributed by atoms with Gasteiger partial charge in [0, 0.05) is 4.88 Å². The summed E-state index contributed by atoms with van der Waals surface area (Å²) >= 11 is 7.56. The van der Waals surface area contributed by atoms with Gasteiger partial charge in [-0.1, -0.05) is 24.4 Å². The van der Waals surface area contributed by atoms with Crippen molar-refractivity contribution in [2.45, 2.75) is 32.1 Å². The fraction of sp³-hybridized carbons (Fsp3) is 0.636. The molecule has 0 bridgehead atoms. The maximum absolute atomic E-state index is 5.85. The van der Waals surface area contributed by atoms with E-state index in [1.165, 1.54) is 37.0 Å². The minimum absolute atomic E-state index is 0.912. The molecule has 1 aromatic rings. The van der Waals surface area contributed by atoms with E-state index in [-0.39, 0.29) is 0 Å². The number of halogens is 1. The summed E-state index contributed by atoms with van der Waals surface area (Å²) in [5.41, 5.74) is 0. The predicted octanol–water partition coefficient (Wildman–Crippen LogP) is 3.72. The van der Waals surface area contributed by atoms with E-state index in [9.17, 15) is 0 Å². The Morgan fingerprint density at radius 2 is 2.00 bits per heavy atom. The van der Waals surface area contributed by atoms with E-state index in [1.54, 1.807) is 11.3 Å². The van der Waals surface area contributed by atoms with Crippen molar-refractivity contribution in [2.24, 2.45) is 0 Å². The Morgan fingerprint density at radius 1 is 1.21 bits per heavy atom. The largest absolute Gasteiger partial charge is 0.320 e. The molecule has 0 fully saturated rings. The van der Waals surface area contributed by atoms with Gasteiger partial charge in [-0.05, 0) is 45.0 Å². The first-order valence-corrected chi connectivity index (χ1v) is 6.41. The molecule has 80 valence electrons. The van der Waals surface area contributed by atoms with E-state index < -0.39 is 0 Å². The molecule has 0 saturated heterocycles. The molecule has 0 aliphatic carbocycles. The highest BCUT2D eigenvalue weighted by molar-refractivity contribution is 7.16. The van der Waals surface area contributed by atoms with Gasteiger partial charge in [0.15, 0.2) is 0 Å². The molecule has 0 aliphatic heterocycles. The van der Waals surface area contributed by atoms with Gasteiger partial charge in [0.25, 0.3) is 0 Å². The summed E-state index contributed by atoms with van der Waals surface area (Å²) < 4.78 is 0.912.